The molecule has 134 valence electrons. The third-order valence-corrected chi connectivity index (χ3v) is 2.98. The van der Waals surface area contributed by atoms with Gasteiger partial charge in [0.2, 0.25) is 0 Å². The fraction of sp³-hybridized carbons (Fsp3) is 0.316. The zero-order valence-electron chi connectivity index (χ0n) is 14.1. The minimum atomic E-state index is -0.545. The lowest BCUT2D eigenvalue weighted by atomic mass is 10.2. The van der Waals surface area contributed by atoms with Crippen molar-refractivity contribution in [2.24, 2.45) is 0 Å². The third-order valence-electron chi connectivity index (χ3n) is 2.98. The molecule has 6 heteroatoms. The summed E-state index contributed by atoms with van der Waals surface area (Å²) in [6.45, 7) is 1.47. The number of allylic oxidation sites excluding steroid dienone is 2. The Labute approximate surface area is 146 Å². The molecule has 6 nitrogen and oxygen atoms in total. The standard InChI is InChI=1S/C19H22O6/c1-15(20)5-3-2-4-6-18(22)24-13-14-25-19(23)12-9-16-7-10-17(21)11-8-16/h2-3,7-12,21H,4-6,13-14H2,1H3/b3-2+,12-9?. The molecule has 0 radical (unpaired) electrons. The Balaban J connectivity index is 2.12. The van der Waals surface area contributed by atoms with Crippen LogP contribution >= 0.6 is 0 Å². The van der Waals surface area contributed by atoms with Gasteiger partial charge in [-0.3, -0.25) is 9.59 Å². The van der Waals surface area contributed by atoms with E-state index in [1.807, 2.05) is 0 Å². The highest BCUT2D eigenvalue weighted by atomic mass is 16.6. The molecule has 1 aromatic rings. The molecule has 0 bridgehead atoms. The number of phenols is 1. The van der Waals surface area contributed by atoms with E-state index < -0.39 is 5.97 Å². The normalized spacial score (nSPS) is 10.9. The van der Waals surface area contributed by atoms with Crippen molar-refractivity contribution in [3.8, 4) is 5.75 Å². The Bertz CT molecular complexity index is 628. The van der Waals surface area contributed by atoms with Gasteiger partial charge in [0.25, 0.3) is 0 Å². The number of rotatable bonds is 10. The zero-order valence-corrected chi connectivity index (χ0v) is 14.1. The van der Waals surface area contributed by atoms with Crippen LogP contribution in [0.2, 0.25) is 0 Å². The average molecular weight is 346 g/mol. The quantitative estimate of drug-likeness (QED) is 0.303. The van der Waals surface area contributed by atoms with E-state index in [-0.39, 0.29) is 37.1 Å². The van der Waals surface area contributed by atoms with Gasteiger partial charge in [-0.05, 0) is 37.1 Å². The van der Waals surface area contributed by atoms with Crippen LogP contribution in [0.4, 0.5) is 0 Å². The molecule has 1 aromatic carbocycles. The maximum Gasteiger partial charge on any atom is 0.330 e. The first-order chi connectivity index (χ1) is 12.0. The second kappa shape index (κ2) is 11.6. The number of aromatic hydroxyl groups is 1. The Hall–Kier alpha value is -2.89. The molecule has 0 saturated heterocycles. The summed E-state index contributed by atoms with van der Waals surface area (Å²) >= 11 is 0. The van der Waals surface area contributed by atoms with Gasteiger partial charge in [-0.1, -0.05) is 24.3 Å². The van der Waals surface area contributed by atoms with E-state index in [1.54, 1.807) is 30.4 Å². The second-order valence-electron chi connectivity index (χ2n) is 5.23. The molecule has 0 aliphatic heterocycles. The van der Waals surface area contributed by atoms with E-state index in [4.69, 9.17) is 14.6 Å². The van der Waals surface area contributed by atoms with Gasteiger partial charge in [-0.2, -0.15) is 0 Å². The number of esters is 2. The number of ether oxygens (including phenoxy) is 2. The van der Waals surface area contributed by atoms with E-state index in [0.29, 0.717) is 12.8 Å². The average Bonchev–Trinajstić information content (AvgIpc) is 2.57. The van der Waals surface area contributed by atoms with Crippen molar-refractivity contribution in [3.63, 3.8) is 0 Å². The van der Waals surface area contributed by atoms with Gasteiger partial charge < -0.3 is 14.6 Å². The van der Waals surface area contributed by atoms with E-state index >= 15 is 0 Å². The summed E-state index contributed by atoms with van der Waals surface area (Å²) in [5, 5.41) is 9.15. The van der Waals surface area contributed by atoms with Gasteiger partial charge >= 0.3 is 11.9 Å². The van der Waals surface area contributed by atoms with Crippen LogP contribution in [0.3, 0.4) is 0 Å². The molecule has 0 saturated carbocycles. The topological polar surface area (TPSA) is 89.9 Å². The molecule has 0 heterocycles. The van der Waals surface area contributed by atoms with Crippen LogP contribution in [0, 0.1) is 0 Å². The first-order valence-corrected chi connectivity index (χ1v) is 7.91. The van der Waals surface area contributed by atoms with Crippen molar-refractivity contribution >= 4 is 23.8 Å². The molecular weight excluding hydrogens is 324 g/mol. The van der Waals surface area contributed by atoms with E-state index in [1.165, 1.54) is 25.1 Å². The predicted molar refractivity (Wildman–Crippen MR) is 92.7 cm³/mol. The minimum Gasteiger partial charge on any atom is -0.508 e. The lowest BCUT2D eigenvalue weighted by Gasteiger charge is -2.04. The number of benzene rings is 1. The van der Waals surface area contributed by atoms with Crippen molar-refractivity contribution in [3.05, 3.63) is 48.1 Å². The monoisotopic (exact) mass is 346 g/mol. The lowest BCUT2D eigenvalue weighted by Crippen LogP contribution is -2.12. The molecule has 0 fully saturated rings. The second-order valence-corrected chi connectivity index (χ2v) is 5.23. The largest absolute Gasteiger partial charge is 0.508 e. The maximum absolute atomic E-state index is 11.5. The van der Waals surface area contributed by atoms with Gasteiger partial charge in [0.1, 0.15) is 24.7 Å². The predicted octanol–water partition coefficient (Wildman–Crippen LogP) is 2.81. The number of phenolic OH excluding ortho intramolecular Hbond substituents is 1. The highest BCUT2D eigenvalue weighted by Crippen LogP contribution is 2.10. The maximum atomic E-state index is 11.5. The van der Waals surface area contributed by atoms with Gasteiger partial charge in [0.05, 0.1) is 0 Å². The lowest BCUT2D eigenvalue weighted by molar-refractivity contribution is -0.149. The Morgan fingerprint density at radius 2 is 1.72 bits per heavy atom. The van der Waals surface area contributed by atoms with Crippen LogP contribution in [-0.4, -0.2) is 36.0 Å². The molecule has 0 aromatic heterocycles. The smallest absolute Gasteiger partial charge is 0.330 e. The van der Waals surface area contributed by atoms with Crippen molar-refractivity contribution in [2.75, 3.05) is 13.2 Å². The van der Waals surface area contributed by atoms with Crippen molar-refractivity contribution in [1.82, 2.24) is 0 Å². The van der Waals surface area contributed by atoms with Crippen LogP contribution in [0.15, 0.2) is 42.5 Å². The fourth-order valence-corrected chi connectivity index (χ4v) is 1.74. The van der Waals surface area contributed by atoms with E-state index in [2.05, 4.69) is 0 Å². The van der Waals surface area contributed by atoms with E-state index in [9.17, 15) is 14.4 Å². The molecule has 0 unspecified atom stereocenters. The molecule has 25 heavy (non-hydrogen) atoms. The molecule has 0 amide bonds. The summed E-state index contributed by atoms with van der Waals surface area (Å²) in [5.41, 5.74) is 0.749. The Morgan fingerprint density at radius 3 is 2.40 bits per heavy atom. The zero-order chi connectivity index (χ0) is 18.5. The van der Waals surface area contributed by atoms with Gasteiger partial charge in [-0.25, -0.2) is 4.79 Å². The molecular formula is C19H22O6. The summed E-state index contributed by atoms with van der Waals surface area (Å²) in [7, 11) is 0. The number of carbonyl (C=O) groups is 3. The van der Waals surface area contributed by atoms with Crippen molar-refractivity contribution in [2.45, 2.75) is 26.2 Å². The minimum absolute atomic E-state index is 0.00518. The molecule has 1 N–H and O–H groups in total. The Morgan fingerprint density at radius 1 is 1.04 bits per heavy atom. The SMILES string of the molecule is CC(=O)C/C=C/CCC(=O)OCCOC(=O)C=Cc1ccc(O)cc1. The number of hydrogen-bond acceptors (Lipinski definition) is 6. The number of carbonyl (C=O) groups excluding carboxylic acids is 3. The molecule has 0 aliphatic carbocycles. The van der Waals surface area contributed by atoms with Crippen molar-refractivity contribution < 1.29 is 29.0 Å². The summed E-state index contributed by atoms with van der Waals surface area (Å²) < 4.78 is 9.83. The third kappa shape index (κ3) is 10.5. The summed E-state index contributed by atoms with van der Waals surface area (Å²) in [6.07, 6.45) is 7.37. The van der Waals surface area contributed by atoms with Crippen LogP contribution in [0.25, 0.3) is 6.08 Å². The summed E-state index contributed by atoms with van der Waals surface area (Å²) in [5.74, 6) is -0.713. The molecule has 0 spiro atoms. The fourth-order valence-electron chi connectivity index (χ4n) is 1.74. The van der Waals surface area contributed by atoms with E-state index in [0.717, 1.165) is 5.56 Å². The summed E-state index contributed by atoms with van der Waals surface area (Å²) in [6, 6.07) is 6.34. The van der Waals surface area contributed by atoms with Gasteiger partial charge in [0, 0.05) is 18.9 Å². The first-order valence-electron chi connectivity index (χ1n) is 7.91. The molecule has 1 rings (SSSR count). The van der Waals surface area contributed by atoms with Crippen LogP contribution in [0.5, 0.6) is 5.75 Å². The number of Topliss-reactive ketones (excluding diaryl/α,β-unsaturated/α-hetero) is 1. The molecule has 0 aliphatic rings. The Kier molecular flexibility index (Phi) is 9.36. The van der Waals surface area contributed by atoms with Crippen LogP contribution in [-0.2, 0) is 23.9 Å². The van der Waals surface area contributed by atoms with Crippen LogP contribution < -0.4 is 0 Å². The van der Waals surface area contributed by atoms with Crippen molar-refractivity contribution in [1.29, 1.82) is 0 Å². The number of hydrogen-bond donors (Lipinski definition) is 1. The first kappa shape index (κ1) is 20.2. The van der Waals surface area contributed by atoms with Gasteiger partial charge in [-0.15, -0.1) is 0 Å². The van der Waals surface area contributed by atoms with Crippen LogP contribution in [0.1, 0.15) is 31.7 Å². The summed E-state index contributed by atoms with van der Waals surface area (Å²) in [4.78, 5) is 33.6. The van der Waals surface area contributed by atoms with Gasteiger partial charge in [0.15, 0.2) is 0 Å². The number of ketones is 1. The molecule has 0 atom stereocenters. The highest BCUT2D eigenvalue weighted by molar-refractivity contribution is 5.87. The highest BCUT2D eigenvalue weighted by Gasteiger charge is 2.02.